The Balaban J connectivity index is 1.66. The van der Waals surface area contributed by atoms with Gasteiger partial charge in [-0.3, -0.25) is 5.43 Å². The van der Waals surface area contributed by atoms with Gasteiger partial charge in [0.2, 0.25) is 0 Å². The van der Waals surface area contributed by atoms with E-state index in [0.29, 0.717) is 5.75 Å². The fourth-order valence-corrected chi connectivity index (χ4v) is 2.08. The van der Waals surface area contributed by atoms with Gasteiger partial charge < -0.3 is 14.4 Å². The predicted octanol–water partition coefficient (Wildman–Crippen LogP) is 3.03. The van der Waals surface area contributed by atoms with E-state index in [1.165, 1.54) is 7.11 Å². The number of rotatable bonds is 5. The van der Waals surface area contributed by atoms with Crippen molar-refractivity contribution < 1.29 is 9.84 Å². The van der Waals surface area contributed by atoms with Crippen LogP contribution in [0, 0.1) is 0 Å². The van der Waals surface area contributed by atoms with Crippen molar-refractivity contribution in [3.05, 3.63) is 66.7 Å². The van der Waals surface area contributed by atoms with E-state index in [9.17, 15) is 5.11 Å². The molecule has 0 saturated carbocycles. The molecule has 0 radical (unpaired) electrons. The summed E-state index contributed by atoms with van der Waals surface area (Å²) in [6.45, 7) is 0. The van der Waals surface area contributed by atoms with Crippen LogP contribution >= 0.6 is 0 Å². The van der Waals surface area contributed by atoms with Crippen LogP contribution in [0.15, 0.2) is 66.3 Å². The van der Waals surface area contributed by atoms with E-state index >= 15 is 0 Å². The highest BCUT2D eigenvalue weighted by Gasteiger charge is 2.00. The molecule has 0 aliphatic carbocycles. The van der Waals surface area contributed by atoms with Gasteiger partial charge in [-0.2, -0.15) is 5.10 Å². The Morgan fingerprint density at radius 2 is 2.04 bits per heavy atom. The van der Waals surface area contributed by atoms with Gasteiger partial charge in [0.25, 0.3) is 0 Å². The highest BCUT2D eigenvalue weighted by molar-refractivity contribution is 5.81. The molecule has 3 rings (SSSR count). The standard InChI is InChI=1S/C17H16N4O2/c1-23-17-10-13(2-7-16(17)22)11-19-20-14-3-5-15(6-4-14)21-9-8-18-12-21/h2-12,20,22H,1H3. The Bertz CT molecular complexity index is 796. The molecule has 6 heteroatoms. The first-order valence-corrected chi connectivity index (χ1v) is 7.01. The average Bonchev–Trinajstić information content (AvgIpc) is 3.11. The zero-order chi connectivity index (χ0) is 16.1. The van der Waals surface area contributed by atoms with Gasteiger partial charge in [0.15, 0.2) is 11.5 Å². The largest absolute Gasteiger partial charge is 0.504 e. The minimum absolute atomic E-state index is 0.104. The highest BCUT2D eigenvalue weighted by Crippen LogP contribution is 2.25. The lowest BCUT2D eigenvalue weighted by Gasteiger charge is -2.05. The predicted molar refractivity (Wildman–Crippen MR) is 89.4 cm³/mol. The van der Waals surface area contributed by atoms with E-state index < -0.39 is 0 Å². The highest BCUT2D eigenvalue weighted by atomic mass is 16.5. The summed E-state index contributed by atoms with van der Waals surface area (Å²) in [5.74, 6) is 0.520. The molecule has 0 bridgehead atoms. The van der Waals surface area contributed by atoms with Crippen LogP contribution in [0.4, 0.5) is 5.69 Å². The molecule has 1 aromatic heterocycles. The van der Waals surface area contributed by atoms with Crippen molar-refractivity contribution in [1.29, 1.82) is 0 Å². The zero-order valence-electron chi connectivity index (χ0n) is 12.5. The number of nitrogens with one attached hydrogen (secondary N) is 1. The van der Waals surface area contributed by atoms with Gasteiger partial charge in [-0.05, 0) is 48.0 Å². The van der Waals surface area contributed by atoms with E-state index in [1.807, 2.05) is 35.0 Å². The summed E-state index contributed by atoms with van der Waals surface area (Å²) in [6.07, 6.45) is 7.03. The molecule has 3 aromatic rings. The molecule has 0 amide bonds. The van der Waals surface area contributed by atoms with Crippen molar-refractivity contribution in [1.82, 2.24) is 9.55 Å². The number of nitrogens with zero attached hydrogens (tertiary/aromatic N) is 3. The number of hydrazone groups is 1. The number of benzene rings is 2. The summed E-state index contributed by atoms with van der Waals surface area (Å²) in [5, 5.41) is 13.7. The second-order valence-electron chi connectivity index (χ2n) is 4.82. The number of aromatic hydroxyl groups is 1. The van der Waals surface area contributed by atoms with Crippen molar-refractivity contribution in [2.75, 3.05) is 12.5 Å². The zero-order valence-corrected chi connectivity index (χ0v) is 12.5. The van der Waals surface area contributed by atoms with Gasteiger partial charge in [-0.1, -0.05) is 0 Å². The third-order valence-corrected chi connectivity index (χ3v) is 3.28. The first kappa shape index (κ1) is 14.6. The monoisotopic (exact) mass is 308 g/mol. The van der Waals surface area contributed by atoms with Gasteiger partial charge in [-0.25, -0.2) is 4.98 Å². The number of methoxy groups -OCH3 is 1. The second kappa shape index (κ2) is 6.65. The summed E-state index contributed by atoms with van der Waals surface area (Å²) in [7, 11) is 1.51. The molecule has 0 spiro atoms. The number of hydrogen-bond acceptors (Lipinski definition) is 5. The molecule has 2 aromatic carbocycles. The smallest absolute Gasteiger partial charge is 0.161 e. The van der Waals surface area contributed by atoms with Crippen LogP contribution in [0.5, 0.6) is 11.5 Å². The van der Waals surface area contributed by atoms with Crippen LogP contribution < -0.4 is 10.2 Å². The fourth-order valence-electron chi connectivity index (χ4n) is 2.08. The molecular weight excluding hydrogens is 292 g/mol. The minimum Gasteiger partial charge on any atom is -0.504 e. The summed E-state index contributed by atoms with van der Waals surface area (Å²) >= 11 is 0. The van der Waals surface area contributed by atoms with Gasteiger partial charge in [-0.15, -0.1) is 0 Å². The average molecular weight is 308 g/mol. The second-order valence-corrected chi connectivity index (χ2v) is 4.82. The number of anilines is 1. The third kappa shape index (κ3) is 3.49. The lowest BCUT2D eigenvalue weighted by Crippen LogP contribution is -1.93. The molecule has 0 fully saturated rings. The number of phenolic OH excluding ortho intramolecular Hbond substituents is 1. The topological polar surface area (TPSA) is 71.7 Å². The van der Waals surface area contributed by atoms with Crippen molar-refractivity contribution in [3.63, 3.8) is 0 Å². The molecule has 23 heavy (non-hydrogen) atoms. The van der Waals surface area contributed by atoms with Crippen LogP contribution in [0.25, 0.3) is 5.69 Å². The number of aromatic nitrogens is 2. The number of phenols is 1. The first-order chi connectivity index (χ1) is 11.3. The summed E-state index contributed by atoms with van der Waals surface area (Å²) < 4.78 is 6.99. The Morgan fingerprint density at radius 1 is 1.22 bits per heavy atom. The molecule has 0 atom stereocenters. The Kier molecular flexibility index (Phi) is 4.24. The quantitative estimate of drug-likeness (QED) is 0.561. The Morgan fingerprint density at radius 3 is 2.74 bits per heavy atom. The van der Waals surface area contributed by atoms with Crippen LogP contribution in [0.1, 0.15) is 5.56 Å². The van der Waals surface area contributed by atoms with Gasteiger partial charge in [0, 0.05) is 18.1 Å². The number of hydrogen-bond donors (Lipinski definition) is 2. The first-order valence-electron chi connectivity index (χ1n) is 7.01. The number of imidazole rings is 1. The molecule has 2 N–H and O–H groups in total. The van der Waals surface area contributed by atoms with Crippen molar-refractivity contribution in [3.8, 4) is 17.2 Å². The van der Waals surface area contributed by atoms with E-state index in [4.69, 9.17) is 4.74 Å². The molecule has 0 unspecified atom stereocenters. The van der Waals surface area contributed by atoms with Gasteiger partial charge in [0.1, 0.15) is 0 Å². The Hall–Kier alpha value is -3.28. The van der Waals surface area contributed by atoms with Crippen LogP contribution in [-0.4, -0.2) is 28.0 Å². The van der Waals surface area contributed by atoms with Gasteiger partial charge >= 0.3 is 0 Å². The van der Waals surface area contributed by atoms with Crippen molar-refractivity contribution in [2.24, 2.45) is 5.10 Å². The molecule has 0 aliphatic rings. The minimum atomic E-state index is 0.104. The normalized spacial score (nSPS) is 10.8. The van der Waals surface area contributed by atoms with Crippen molar-refractivity contribution >= 4 is 11.9 Å². The summed E-state index contributed by atoms with van der Waals surface area (Å²) in [4.78, 5) is 4.02. The van der Waals surface area contributed by atoms with E-state index in [0.717, 1.165) is 16.9 Å². The molecular formula is C17H16N4O2. The summed E-state index contributed by atoms with van der Waals surface area (Å²) in [5.41, 5.74) is 5.68. The fraction of sp³-hybridized carbons (Fsp3) is 0.0588. The molecule has 116 valence electrons. The van der Waals surface area contributed by atoms with Crippen LogP contribution in [0.2, 0.25) is 0 Å². The molecule has 0 aliphatic heterocycles. The Labute approximate surface area is 133 Å². The SMILES string of the molecule is COc1cc(C=NNc2ccc(-n3ccnc3)cc2)ccc1O. The molecule has 1 heterocycles. The molecule has 0 saturated heterocycles. The maximum absolute atomic E-state index is 9.55. The van der Waals surface area contributed by atoms with Gasteiger partial charge in [0.05, 0.1) is 25.3 Å². The lowest BCUT2D eigenvalue weighted by atomic mass is 10.2. The van der Waals surface area contributed by atoms with Crippen molar-refractivity contribution in [2.45, 2.75) is 0 Å². The van der Waals surface area contributed by atoms with Crippen LogP contribution in [0.3, 0.4) is 0 Å². The van der Waals surface area contributed by atoms with E-state index in [1.54, 1.807) is 36.9 Å². The lowest BCUT2D eigenvalue weighted by molar-refractivity contribution is 0.373. The van der Waals surface area contributed by atoms with E-state index in [-0.39, 0.29) is 5.75 Å². The van der Waals surface area contributed by atoms with Crippen LogP contribution in [-0.2, 0) is 0 Å². The summed E-state index contributed by atoms with van der Waals surface area (Å²) in [6, 6.07) is 12.9. The van der Waals surface area contributed by atoms with E-state index in [2.05, 4.69) is 15.5 Å². The number of ether oxygens (including phenoxy) is 1. The maximum Gasteiger partial charge on any atom is 0.161 e. The maximum atomic E-state index is 9.55. The third-order valence-electron chi connectivity index (χ3n) is 3.28. The molecule has 6 nitrogen and oxygen atoms in total.